The lowest BCUT2D eigenvalue weighted by Crippen LogP contribution is -2.35. The van der Waals surface area contributed by atoms with Gasteiger partial charge in [0.15, 0.2) is 0 Å². The highest BCUT2D eigenvalue weighted by molar-refractivity contribution is 9.10. The zero-order chi connectivity index (χ0) is 23.2. The number of hydrogen-bond donors (Lipinski definition) is 1. The Hall–Kier alpha value is -2.35. The first-order valence-electron chi connectivity index (χ1n) is 11.6. The van der Waals surface area contributed by atoms with Crippen molar-refractivity contribution in [3.63, 3.8) is 0 Å². The van der Waals surface area contributed by atoms with Crippen molar-refractivity contribution in [1.29, 1.82) is 0 Å². The summed E-state index contributed by atoms with van der Waals surface area (Å²) in [6.45, 7) is 7.64. The van der Waals surface area contributed by atoms with Gasteiger partial charge in [0.1, 0.15) is 17.9 Å². The average molecular weight is 515 g/mol. The number of hydrogen-bond acceptors (Lipinski definition) is 4. The maximum Gasteiger partial charge on any atom is 0.339 e. The maximum atomic E-state index is 11.3. The quantitative estimate of drug-likeness (QED) is 0.367. The summed E-state index contributed by atoms with van der Waals surface area (Å²) >= 11 is 3.62. The summed E-state index contributed by atoms with van der Waals surface area (Å²) < 4.78 is 14.8. The van der Waals surface area contributed by atoms with Crippen LogP contribution in [0.4, 0.5) is 0 Å². The second kappa shape index (κ2) is 11.2. The van der Waals surface area contributed by atoms with Crippen molar-refractivity contribution in [2.75, 3.05) is 39.5 Å². The number of para-hydroxylation sites is 1. The van der Waals surface area contributed by atoms with E-state index in [-0.39, 0.29) is 5.56 Å². The van der Waals surface area contributed by atoms with Gasteiger partial charge < -0.3 is 19.1 Å². The van der Waals surface area contributed by atoms with Crippen LogP contribution in [0.15, 0.2) is 53.1 Å². The Bertz CT molecular complexity index is 1090. The molecule has 3 aromatic rings. The number of nitrogens with zero attached hydrogens (tertiary/aromatic N) is 2. The van der Waals surface area contributed by atoms with E-state index in [1.165, 1.54) is 16.5 Å². The van der Waals surface area contributed by atoms with Crippen LogP contribution >= 0.6 is 15.9 Å². The summed E-state index contributed by atoms with van der Waals surface area (Å²) in [7, 11) is 0. The van der Waals surface area contributed by atoms with Gasteiger partial charge in [0.25, 0.3) is 0 Å². The van der Waals surface area contributed by atoms with Crippen LogP contribution in [-0.2, 0) is 11.3 Å². The van der Waals surface area contributed by atoms with E-state index in [2.05, 4.69) is 49.8 Å². The molecule has 1 N–H and O–H groups in total. The van der Waals surface area contributed by atoms with Crippen LogP contribution in [0.2, 0.25) is 0 Å². The number of likely N-dealkylation sites (tertiary alicyclic amines) is 1. The van der Waals surface area contributed by atoms with Crippen LogP contribution in [0.5, 0.6) is 5.75 Å². The molecule has 0 spiro atoms. The molecule has 7 heteroatoms. The summed E-state index contributed by atoms with van der Waals surface area (Å²) in [5, 5.41) is 10.6. The highest BCUT2D eigenvalue weighted by Crippen LogP contribution is 2.35. The van der Waals surface area contributed by atoms with Gasteiger partial charge in [-0.05, 0) is 68.6 Å². The molecule has 1 aliphatic heterocycles. The number of fused-ring (bicyclic) bond motifs is 1. The van der Waals surface area contributed by atoms with E-state index in [9.17, 15) is 9.90 Å². The first-order valence-corrected chi connectivity index (χ1v) is 12.4. The molecule has 4 rings (SSSR count). The lowest BCUT2D eigenvalue weighted by molar-refractivity contribution is 0.0691. The van der Waals surface area contributed by atoms with Gasteiger partial charge in [0.05, 0.1) is 6.61 Å². The lowest BCUT2D eigenvalue weighted by atomic mass is 9.89. The summed E-state index contributed by atoms with van der Waals surface area (Å²) in [5.74, 6) is 0.0108. The zero-order valence-corrected chi connectivity index (χ0v) is 20.6. The Morgan fingerprint density at radius 2 is 1.91 bits per heavy atom. The molecule has 2 aromatic carbocycles. The van der Waals surface area contributed by atoms with Gasteiger partial charge in [-0.1, -0.05) is 34.1 Å². The van der Waals surface area contributed by atoms with Crippen molar-refractivity contribution in [1.82, 2.24) is 9.47 Å². The third kappa shape index (κ3) is 5.78. The SMILES string of the molecule is CCOCCn1cc(C2CCN(CCOc3ccccc3C(=O)O)CC2)c2ccc(Br)cc21. The van der Waals surface area contributed by atoms with Crippen LogP contribution in [0, 0.1) is 0 Å². The topological polar surface area (TPSA) is 63.9 Å². The third-order valence-corrected chi connectivity index (χ3v) is 6.86. The molecule has 1 aromatic heterocycles. The smallest absolute Gasteiger partial charge is 0.339 e. The first kappa shape index (κ1) is 23.8. The normalized spacial score (nSPS) is 15.2. The minimum Gasteiger partial charge on any atom is -0.491 e. The van der Waals surface area contributed by atoms with Crippen LogP contribution < -0.4 is 4.74 Å². The lowest BCUT2D eigenvalue weighted by Gasteiger charge is -2.31. The van der Waals surface area contributed by atoms with Crippen molar-refractivity contribution in [3.8, 4) is 5.75 Å². The molecule has 0 saturated carbocycles. The van der Waals surface area contributed by atoms with Crippen molar-refractivity contribution in [3.05, 3.63) is 64.3 Å². The highest BCUT2D eigenvalue weighted by atomic mass is 79.9. The molecule has 33 heavy (non-hydrogen) atoms. The minimum absolute atomic E-state index is 0.212. The number of carboxylic acid groups (broad SMARTS) is 1. The fraction of sp³-hybridized carbons (Fsp3) is 0.423. The number of piperidine rings is 1. The molecule has 1 fully saturated rings. The fourth-order valence-corrected chi connectivity index (χ4v) is 4.98. The van der Waals surface area contributed by atoms with Crippen LogP contribution in [0.3, 0.4) is 0 Å². The van der Waals surface area contributed by atoms with Crippen molar-refractivity contribution >= 4 is 32.8 Å². The van der Waals surface area contributed by atoms with Gasteiger partial charge in [0.2, 0.25) is 0 Å². The highest BCUT2D eigenvalue weighted by Gasteiger charge is 2.24. The summed E-state index contributed by atoms with van der Waals surface area (Å²) in [6, 6.07) is 13.4. The Kier molecular flexibility index (Phi) is 8.06. The largest absolute Gasteiger partial charge is 0.491 e. The van der Waals surface area contributed by atoms with Gasteiger partial charge in [-0.3, -0.25) is 4.90 Å². The molecule has 0 radical (unpaired) electrons. The fourth-order valence-electron chi connectivity index (χ4n) is 4.63. The number of carboxylic acids is 1. The van der Waals surface area contributed by atoms with E-state index in [0.717, 1.165) is 56.7 Å². The summed E-state index contributed by atoms with van der Waals surface area (Å²) in [6.07, 6.45) is 4.53. The van der Waals surface area contributed by atoms with Crippen molar-refractivity contribution in [2.45, 2.75) is 32.2 Å². The maximum absolute atomic E-state index is 11.3. The van der Waals surface area contributed by atoms with E-state index in [4.69, 9.17) is 9.47 Å². The molecule has 1 aliphatic rings. The average Bonchev–Trinajstić information content (AvgIpc) is 3.17. The summed E-state index contributed by atoms with van der Waals surface area (Å²) in [4.78, 5) is 13.8. The van der Waals surface area contributed by atoms with Crippen LogP contribution in [0.25, 0.3) is 10.9 Å². The Morgan fingerprint density at radius 3 is 2.67 bits per heavy atom. The van der Waals surface area contributed by atoms with Gasteiger partial charge in [-0.15, -0.1) is 0 Å². The van der Waals surface area contributed by atoms with Gasteiger partial charge in [0, 0.05) is 41.3 Å². The van der Waals surface area contributed by atoms with Gasteiger partial charge >= 0.3 is 5.97 Å². The number of aromatic carboxylic acids is 1. The third-order valence-electron chi connectivity index (χ3n) is 6.37. The van der Waals surface area contributed by atoms with E-state index in [1.54, 1.807) is 24.3 Å². The molecular formula is C26H31BrN2O4. The Balaban J connectivity index is 1.35. The van der Waals surface area contributed by atoms with E-state index >= 15 is 0 Å². The standard InChI is InChI=1S/C26H31BrN2O4/c1-2-32-15-14-29-18-23(21-8-7-20(27)17-24(21)29)19-9-11-28(12-10-19)13-16-33-25-6-4-3-5-22(25)26(30)31/h3-8,17-19H,2,9-16H2,1H3,(H,30,31). The number of aromatic nitrogens is 1. The summed E-state index contributed by atoms with van der Waals surface area (Å²) in [5.41, 5.74) is 2.90. The predicted molar refractivity (Wildman–Crippen MR) is 133 cm³/mol. The number of benzene rings is 2. The molecule has 1 saturated heterocycles. The van der Waals surface area contributed by atoms with Gasteiger partial charge in [-0.2, -0.15) is 0 Å². The number of halogens is 1. The van der Waals surface area contributed by atoms with Crippen molar-refractivity contribution < 1.29 is 19.4 Å². The predicted octanol–water partition coefficient (Wildman–Crippen LogP) is 5.40. The Labute approximate surface area is 203 Å². The van der Waals surface area contributed by atoms with E-state index in [0.29, 0.717) is 18.3 Å². The number of ether oxygens (including phenoxy) is 2. The van der Waals surface area contributed by atoms with Crippen LogP contribution in [-0.4, -0.2) is 60.0 Å². The molecule has 0 unspecified atom stereocenters. The molecule has 6 nitrogen and oxygen atoms in total. The van der Waals surface area contributed by atoms with E-state index < -0.39 is 5.97 Å². The Morgan fingerprint density at radius 1 is 1.12 bits per heavy atom. The zero-order valence-electron chi connectivity index (χ0n) is 19.0. The molecule has 0 aliphatic carbocycles. The van der Waals surface area contributed by atoms with E-state index in [1.807, 2.05) is 6.92 Å². The van der Waals surface area contributed by atoms with Crippen molar-refractivity contribution in [2.24, 2.45) is 0 Å². The second-order valence-electron chi connectivity index (χ2n) is 8.40. The second-order valence-corrected chi connectivity index (χ2v) is 9.32. The van der Waals surface area contributed by atoms with Crippen LogP contribution in [0.1, 0.15) is 41.6 Å². The first-order chi connectivity index (χ1) is 16.1. The monoisotopic (exact) mass is 514 g/mol. The molecule has 0 amide bonds. The number of rotatable bonds is 10. The van der Waals surface area contributed by atoms with Gasteiger partial charge in [-0.25, -0.2) is 4.79 Å². The molecule has 0 atom stereocenters. The minimum atomic E-state index is -0.959. The molecule has 176 valence electrons. The number of carbonyl (C=O) groups is 1. The molecular weight excluding hydrogens is 484 g/mol. The molecule has 0 bridgehead atoms. The molecule has 2 heterocycles.